The van der Waals surface area contributed by atoms with Crippen LogP contribution in [0.3, 0.4) is 0 Å². The first-order valence-corrected chi connectivity index (χ1v) is 11.3. The number of methoxy groups -OCH3 is 1. The molecule has 0 bridgehead atoms. The summed E-state index contributed by atoms with van der Waals surface area (Å²) in [5, 5.41) is 18.7. The average Bonchev–Trinajstić information content (AvgIpc) is 2.83. The number of carbonyl (C=O) groups is 2. The Labute approximate surface area is 431 Å². The van der Waals surface area contributed by atoms with Crippen LogP contribution in [0.2, 0.25) is 0 Å². The van der Waals surface area contributed by atoms with E-state index >= 15 is 0 Å². The number of hydrogen-bond donors (Lipinski definition) is 6. The molecule has 0 aromatic carbocycles. The molecule has 285 valence electrons. The molecule has 0 unspecified atom stereocenters. The van der Waals surface area contributed by atoms with Crippen LogP contribution in [-0.4, -0.2) is 114 Å². The van der Waals surface area contributed by atoms with Crippen molar-refractivity contribution in [2.24, 2.45) is 27.9 Å². The summed E-state index contributed by atoms with van der Waals surface area (Å²) in [5.41, 5.74) is 19.5. The third-order valence-electron chi connectivity index (χ3n) is 1.94. The summed E-state index contributed by atoms with van der Waals surface area (Å²) in [4.78, 5) is 32.3. The summed E-state index contributed by atoms with van der Waals surface area (Å²) in [7, 11) is 6.11. The van der Waals surface area contributed by atoms with Gasteiger partial charge in [-0.2, -0.15) is 12.6 Å². The number of isocyanates is 1. The summed E-state index contributed by atoms with van der Waals surface area (Å²) in [6, 6.07) is 0. The van der Waals surface area contributed by atoms with Gasteiger partial charge in [-0.15, -0.1) is 13.1 Å². The Kier molecular flexibility index (Phi) is 505. The zero-order valence-electron chi connectivity index (χ0n) is 32.3. The van der Waals surface area contributed by atoms with Crippen LogP contribution in [-0.2, 0) is 178 Å². The number of halogens is 1. The maximum absolute atomic E-state index is 9.36. The van der Waals surface area contributed by atoms with Gasteiger partial charge in [0.05, 0.1) is 7.11 Å². The number of nitrogens with two attached hydrogens (primary N) is 4. The van der Waals surface area contributed by atoms with Crippen LogP contribution in [0.1, 0.15) is 20.3 Å². The van der Waals surface area contributed by atoms with Gasteiger partial charge < -0.3 is 100 Å². The summed E-state index contributed by atoms with van der Waals surface area (Å²) in [6.45, 7) is 11.8. The largest absolute Gasteiger partial charge is 0.764 e. The first-order chi connectivity index (χ1) is 16.6. The van der Waals surface area contributed by atoms with E-state index in [4.69, 9.17) is 37.3 Å². The zero-order valence-corrected chi connectivity index (χ0v) is 48.1. The van der Waals surface area contributed by atoms with Gasteiger partial charge in [0, 0.05) is 215 Å². The number of carbonyl (C=O) groups excluding carboxylic acids is 2. The maximum Gasteiger partial charge on any atom is 0.403 e. The van der Waals surface area contributed by atoms with E-state index in [0.29, 0.717) is 6.54 Å². The molecule has 0 spiro atoms. The van der Waals surface area contributed by atoms with Gasteiger partial charge in [0.2, 0.25) is 6.08 Å². The minimum absolute atomic E-state index is 0. The van der Waals surface area contributed by atoms with Crippen molar-refractivity contribution in [3.8, 4) is 0 Å². The van der Waals surface area contributed by atoms with Crippen LogP contribution < -0.4 is 22.9 Å². The van der Waals surface area contributed by atoms with Crippen LogP contribution in [0.25, 0.3) is 10.7 Å². The number of hydrogen-bond acceptors (Lipinski definition) is 11. The monoisotopic (exact) mass is 1100 g/mol. The standard InChI is InChI=1S/C5H15N3.C5H13N2.C2H3ClO2.C2H3NO.C2H2N.C2H4O2.CH5N.CH4S.7CH3.5Y/c1-8(4-2-6)5-3-7;1-2-4-7-5-3-6;1-5-2(3)4;1-3-2-4;1-2-3;1-2(3)4;2*1-2;;;;;;;;;;;;/h2-7H2,1H3;2-6H2,1H3;1H3;1H3;1H2;1H3,(H,3,4);2H2,1H3;2H,1H3;7*1H3;;;;;/q;-1;;;-1;;;;7*-1;;;;;. The fourth-order valence-corrected chi connectivity index (χ4v) is 0.914. The molecule has 0 atom stereocenters. The average molecular weight is 1100 g/mol. The molecule has 0 rings (SSSR count). The normalized spacial score (nSPS) is 5.23. The first kappa shape index (κ1) is 133. The second kappa shape index (κ2) is 178. The molecular weight excluding hydrogens is 1030 g/mol. The van der Waals surface area contributed by atoms with Crippen LogP contribution in [0.15, 0.2) is 11.6 Å². The fourth-order valence-electron chi connectivity index (χ4n) is 0.914. The SMILES string of the molecule is C=C=[N-].CC(=O)O.CCC[N-]CCN.CN.CN(CCN)CCN.CN=C=O.COC(=O)Cl.CS.[CH3-].[CH3-].[CH3-].[CH3-].[CH3-].[CH3-].[CH3-].[Y].[Y].[Y].[Y].[Y]. The second-order valence-corrected chi connectivity index (χ2v) is 5.08. The quantitative estimate of drug-likeness (QED) is 0.0505. The number of nitrogens with zero attached hydrogens (tertiary/aromatic N) is 4. The van der Waals surface area contributed by atoms with Gasteiger partial charge in [0.1, 0.15) is 0 Å². The molecule has 47 heavy (non-hydrogen) atoms. The summed E-state index contributed by atoms with van der Waals surface area (Å²) in [6.07, 6.45) is 4.14. The van der Waals surface area contributed by atoms with E-state index in [9.17, 15) is 4.79 Å². The molecule has 0 aliphatic rings. The Balaban J connectivity index is -0.00000000981. The number of aliphatic imine (C=N–C) groups is 1. The molecule has 0 saturated heterocycles. The minimum atomic E-state index is -0.833. The molecule has 0 amide bonds. The van der Waals surface area contributed by atoms with Crippen LogP contribution in [0, 0.1) is 52.0 Å². The van der Waals surface area contributed by atoms with Crippen molar-refractivity contribution >= 4 is 47.6 Å². The molecule has 0 saturated carbocycles. The van der Waals surface area contributed by atoms with E-state index in [-0.39, 0.29) is 216 Å². The minimum Gasteiger partial charge on any atom is -0.764 e. The predicted molar refractivity (Wildman–Crippen MR) is 198 cm³/mol. The number of thiol groups is 1. The number of aliphatic carboxylic acids is 1. The van der Waals surface area contributed by atoms with Crippen LogP contribution >= 0.6 is 24.2 Å². The molecule has 0 aliphatic carbocycles. The molecule has 0 fully saturated rings. The smallest absolute Gasteiger partial charge is 0.403 e. The second-order valence-electron chi connectivity index (χ2n) is 4.77. The fraction of sp³-hybridized carbons (Fsp3) is 0.556. The number of ether oxygens (including phenoxy) is 1. The third-order valence-corrected chi connectivity index (χ3v) is 2.10. The van der Waals surface area contributed by atoms with Crippen molar-refractivity contribution in [1.29, 1.82) is 0 Å². The number of rotatable bonds is 8. The van der Waals surface area contributed by atoms with E-state index in [2.05, 4.69) is 63.4 Å². The van der Waals surface area contributed by atoms with Crippen molar-refractivity contribution in [3.63, 3.8) is 0 Å². The molecule has 20 heteroatoms. The molecule has 5 radical (unpaired) electrons. The Morgan fingerprint density at radius 1 is 0.915 bits per heavy atom. The molecule has 0 aromatic rings. The van der Waals surface area contributed by atoms with Gasteiger partial charge in [-0.25, -0.2) is 14.6 Å². The summed E-state index contributed by atoms with van der Waals surface area (Å²) in [5.74, 6) is 0.667. The van der Waals surface area contributed by atoms with Gasteiger partial charge >= 0.3 is 5.43 Å². The number of carboxylic acids is 1. The van der Waals surface area contributed by atoms with Gasteiger partial charge in [0.15, 0.2) is 0 Å². The van der Waals surface area contributed by atoms with Crippen molar-refractivity contribution < 1.29 is 188 Å². The zero-order chi connectivity index (χ0) is 29.9. The molecule has 0 aromatic heterocycles. The van der Waals surface area contributed by atoms with Crippen LogP contribution in [0.4, 0.5) is 4.79 Å². The van der Waals surface area contributed by atoms with Crippen molar-refractivity contribution in [1.82, 2.24) is 4.90 Å². The van der Waals surface area contributed by atoms with E-state index < -0.39 is 11.4 Å². The van der Waals surface area contributed by atoms with E-state index in [0.717, 1.165) is 52.6 Å². The van der Waals surface area contributed by atoms with Crippen molar-refractivity contribution in [2.45, 2.75) is 20.3 Å². The molecular formula is C27H70ClN8O5SY5-9. The number of carboxylic acid groups (broad SMARTS) is 1. The van der Waals surface area contributed by atoms with Gasteiger partial charge in [-0.05, 0) is 26.9 Å². The Morgan fingerprint density at radius 3 is 1.23 bits per heavy atom. The van der Waals surface area contributed by atoms with Gasteiger partial charge in [0.25, 0.3) is 5.97 Å². The maximum atomic E-state index is 9.36. The van der Waals surface area contributed by atoms with Crippen molar-refractivity contribution in [2.75, 3.05) is 80.3 Å². The van der Waals surface area contributed by atoms with Crippen molar-refractivity contribution in [3.05, 3.63) is 69.3 Å². The first-order valence-electron chi connectivity index (χ1n) is 10.1. The van der Waals surface area contributed by atoms with E-state index in [1.165, 1.54) is 33.2 Å². The Morgan fingerprint density at radius 2 is 1.13 bits per heavy atom. The Hall–Kier alpha value is 3.69. The molecule has 13 nitrogen and oxygen atoms in total. The molecule has 0 aliphatic heterocycles. The molecule has 9 N–H and O–H groups in total. The Bertz CT molecular complexity index is 456. The van der Waals surface area contributed by atoms with Crippen LogP contribution in [0.5, 0.6) is 0 Å². The van der Waals surface area contributed by atoms with Gasteiger partial charge in [-0.3, -0.25) is 10.7 Å². The van der Waals surface area contributed by atoms with E-state index in [1.807, 2.05) is 7.05 Å². The number of likely N-dealkylation sites (N-methyl/N-ethyl adjacent to an activating group) is 1. The van der Waals surface area contributed by atoms with E-state index in [1.54, 1.807) is 6.26 Å². The topological polar surface area (TPSA) is 237 Å². The predicted octanol–water partition coefficient (Wildman–Crippen LogP) is 4.27. The molecule has 0 heterocycles. The summed E-state index contributed by atoms with van der Waals surface area (Å²) >= 11 is 8.13. The summed E-state index contributed by atoms with van der Waals surface area (Å²) < 4.78 is 3.88. The third kappa shape index (κ3) is 406. The van der Waals surface area contributed by atoms with Gasteiger partial charge in [-0.1, -0.05) is 19.9 Å².